The summed E-state index contributed by atoms with van der Waals surface area (Å²) in [6, 6.07) is 0. The van der Waals surface area contributed by atoms with Crippen LogP contribution in [0.25, 0.3) is 0 Å². The third kappa shape index (κ3) is 3500. The molecule has 0 aromatic heterocycles. The molecule has 0 atom stereocenters. The van der Waals surface area contributed by atoms with Crippen LogP contribution < -0.4 is 59.1 Å². The first-order valence-corrected chi connectivity index (χ1v) is 3.10. The van der Waals surface area contributed by atoms with E-state index in [9.17, 15) is 0 Å². The quantitative estimate of drug-likeness (QED) is 0.177. The molecule has 0 saturated heterocycles. The molecule has 0 fully saturated rings. The minimum Gasteiger partial charge on any atom is -1.00 e. The van der Waals surface area contributed by atoms with Crippen LogP contribution in [-0.2, 0) is 0 Å². The molecule has 0 unspecified atom stereocenters. The molecule has 0 radical (unpaired) electrons. The predicted octanol–water partition coefficient (Wildman–Crippen LogP) is -17.3. The van der Waals surface area contributed by atoms with Crippen molar-refractivity contribution in [2.24, 2.45) is 0 Å². The summed E-state index contributed by atoms with van der Waals surface area (Å²) >= 11 is 0. The van der Waals surface area contributed by atoms with E-state index < -0.39 is 29.3 Å². The molecule has 20 N–H and O–H groups in total. The summed E-state index contributed by atoms with van der Waals surface area (Å²) in [5.74, 6) is 0. The van der Waals surface area contributed by atoms with Crippen molar-refractivity contribution in [2.75, 3.05) is 0 Å². The van der Waals surface area contributed by atoms with Crippen LogP contribution in [0.4, 0.5) is 0 Å². The van der Waals surface area contributed by atoms with Crippen LogP contribution in [0.5, 0.6) is 0 Å². The molecule has 0 rings (SSSR count). The van der Waals surface area contributed by atoms with E-state index >= 15 is 0 Å². The van der Waals surface area contributed by atoms with Crippen LogP contribution in [0, 0.1) is 0 Å². The Morgan fingerprint density at radius 2 is 0.318 bits per heavy atom. The average Bonchev–Trinajstić information content (AvgIpc) is 1.76. The second-order valence-electron chi connectivity index (χ2n) is 1.39. The number of hydrogen-bond donors (Lipinski definition) is 12. The van der Waals surface area contributed by atoms with Crippen molar-refractivity contribution in [1.82, 2.24) is 0 Å². The predicted molar refractivity (Wildman–Crippen MR) is 66.3 cm³/mol. The Morgan fingerprint density at radius 3 is 0.318 bits per heavy atom. The van der Waals surface area contributed by atoms with Gasteiger partial charge in [0.05, 0.1) is 0 Å². The zero-order chi connectivity index (χ0) is 14.3. The molecule has 132 valence electrons. The van der Waals surface area contributed by atoms with Gasteiger partial charge in [-0.15, -0.1) is 0 Å². The van der Waals surface area contributed by atoms with Gasteiger partial charge in [0.25, 0.3) is 0 Å². The molecule has 22 heavy (non-hydrogen) atoms. The van der Waals surface area contributed by atoms with Gasteiger partial charge < -0.3 is 85.0 Å². The van der Waals surface area contributed by atoms with E-state index in [1.165, 1.54) is 0 Å². The van der Waals surface area contributed by atoms with Crippen LogP contribution >= 0.6 is 0 Å². The normalized spacial score (nSPS) is 4.91. The van der Waals surface area contributed by atoms with E-state index in [0.717, 1.165) is 0 Å². The smallest absolute Gasteiger partial charge is 1.00 e. The molecule has 0 aromatic rings. The average molecular weight is 367 g/mol. The maximum atomic E-state index is 7.17. The molecule has 0 bridgehead atoms. The molecule has 0 aliphatic carbocycles. The zero-order valence-corrected chi connectivity index (χ0v) is 15.7. The van der Waals surface area contributed by atoms with Crippen molar-refractivity contribution in [2.45, 2.75) is 0 Å². The third-order valence-electron chi connectivity index (χ3n) is 0. The summed E-state index contributed by atoms with van der Waals surface area (Å²) in [6.45, 7) is 0. The second-order valence-corrected chi connectivity index (χ2v) is 1.39. The first kappa shape index (κ1) is 65.1. The summed E-state index contributed by atoms with van der Waals surface area (Å²) in [5.41, 5.74) is 0. The Kier molecular flexibility index (Phi) is 169. The molecule has 0 aromatic carbocycles. The Balaban J connectivity index is -0.00000000720. The summed E-state index contributed by atoms with van der Waals surface area (Å²) in [4.78, 5) is 0. The van der Waals surface area contributed by atoms with E-state index in [2.05, 4.69) is 0 Å². The van der Waals surface area contributed by atoms with Gasteiger partial charge in [-0.1, -0.05) is 0 Å². The van der Waals surface area contributed by atoms with Crippen molar-refractivity contribution in [3.05, 3.63) is 0 Å². The van der Waals surface area contributed by atoms with Crippen molar-refractivity contribution in [3.8, 4) is 0 Å². The van der Waals surface area contributed by atoms with E-state index in [1.807, 2.05) is 0 Å². The largest absolute Gasteiger partial charge is 1.00 e. The van der Waals surface area contributed by atoms with Crippen LogP contribution in [0.2, 0.25) is 0 Å². The zero-order valence-electron chi connectivity index (χ0n) is 13.7. The monoisotopic (exact) mass is 368 g/mol. The summed E-state index contributed by atoms with van der Waals surface area (Å²) in [7, 11) is -8.67. The van der Waals surface area contributed by atoms with Gasteiger partial charge in [-0.2, -0.15) is 0 Å². The molecule has 0 amide bonds. The maximum absolute atomic E-state index is 7.17. The van der Waals surface area contributed by atoms with Crippen molar-refractivity contribution < 1.29 is 144 Å². The fourth-order valence-electron chi connectivity index (χ4n) is 0. The summed E-state index contributed by atoms with van der Waals surface area (Å²) < 4.78 is 0. The summed E-state index contributed by atoms with van der Waals surface area (Å²) in [5, 5.41) is 86.0. The van der Waals surface area contributed by atoms with Gasteiger partial charge >= 0.3 is 88.4 Å². The Morgan fingerprint density at radius 1 is 0.318 bits per heavy atom. The SMILES string of the molecule is O.O.O.O.OB(O)O.OB(O)O.OB(O)O.OB(O)O.[H-].[H-].[Na+].[Na+]. The van der Waals surface area contributed by atoms with Gasteiger partial charge in [-0.3, -0.25) is 0 Å². The van der Waals surface area contributed by atoms with E-state index in [0.29, 0.717) is 0 Å². The van der Waals surface area contributed by atoms with Gasteiger partial charge in [0.1, 0.15) is 0 Å². The molecule has 0 heterocycles. The Bertz CT molecular complexity index is 77.1. The third-order valence-corrected chi connectivity index (χ3v) is 0. The fourth-order valence-corrected chi connectivity index (χ4v) is 0. The first-order valence-electron chi connectivity index (χ1n) is 3.10. The number of rotatable bonds is 0. The maximum Gasteiger partial charge on any atom is 1.00 e. The van der Waals surface area contributed by atoms with Gasteiger partial charge in [-0.25, -0.2) is 0 Å². The first-order chi connectivity index (χ1) is 6.93. The molecule has 0 aliphatic rings. The van der Waals surface area contributed by atoms with Gasteiger partial charge in [0.2, 0.25) is 0 Å². The van der Waals surface area contributed by atoms with Crippen molar-refractivity contribution in [1.29, 1.82) is 0 Å². The van der Waals surface area contributed by atoms with Crippen LogP contribution in [0.3, 0.4) is 0 Å². The Hall–Kier alpha value is 1.62. The Labute approximate surface area is 172 Å². The molecule has 0 aliphatic heterocycles. The molecule has 16 nitrogen and oxygen atoms in total. The standard InChI is InChI=1S/4BH3O3.2Na.4H2O.2H/c4*2-1(3)4;;;;;;;;/h4*2-4H;;;4*1H2;;/q;;;;2*+1;;;;;2*-1. The van der Waals surface area contributed by atoms with Gasteiger partial charge in [0, 0.05) is 0 Å². The summed E-state index contributed by atoms with van der Waals surface area (Å²) in [6.07, 6.45) is 0. The molecule has 0 spiro atoms. The van der Waals surface area contributed by atoms with Gasteiger partial charge in [0.15, 0.2) is 0 Å². The molecular formula is H22B4Na2O16. The molecule has 0 saturated carbocycles. The van der Waals surface area contributed by atoms with Crippen LogP contribution in [0.15, 0.2) is 0 Å². The van der Waals surface area contributed by atoms with Crippen LogP contribution in [-0.4, -0.2) is 111 Å². The van der Waals surface area contributed by atoms with E-state index in [1.54, 1.807) is 0 Å². The van der Waals surface area contributed by atoms with E-state index in [4.69, 9.17) is 60.3 Å². The van der Waals surface area contributed by atoms with Crippen LogP contribution in [0.1, 0.15) is 2.85 Å². The minimum absolute atomic E-state index is 0. The second kappa shape index (κ2) is 57.0. The molecular weight excluding hydrogens is 345 g/mol. The fraction of sp³-hybridized carbons (Fsp3) is 0. The number of hydrogen-bond acceptors (Lipinski definition) is 12. The molecule has 22 heteroatoms. The van der Waals surface area contributed by atoms with Crippen molar-refractivity contribution in [3.63, 3.8) is 0 Å². The van der Waals surface area contributed by atoms with Crippen molar-refractivity contribution >= 4 is 29.3 Å². The minimum atomic E-state index is -2.17. The topological polar surface area (TPSA) is 369 Å². The van der Waals surface area contributed by atoms with Gasteiger partial charge in [-0.05, 0) is 0 Å². The van der Waals surface area contributed by atoms with E-state index in [-0.39, 0.29) is 83.9 Å².